The Morgan fingerprint density at radius 2 is 1.83 bits per heavy atom. The van der Waals surface area contributed by atoms with Crippen molar-refractivity contribution in [1.82, 2.24) is 25.9 Å². The highest BCUT2D eigenvalue weighted by molar-refractivity contribution is 5.98. The lowest BCUT2D eigenvalue weighted by Gasteiger charge is -2.30. The standard InChI is InChI=1S/C40H50FN5O8/c1-24-16-17-25(2)33(18-24)54-44-36(49)40-20-27(40)13-9-7-6-8-10-15-31(42-37(50)53-39(3,4)5)35(48)46-22-28(19-32(46)34(47)43-40)52-38(51)45-21-26-12-11-14-30(41)29(26)23-45/h9,11-14,16-18,27-28,31-32H,6-8,10,15,19-23H2,1-5H3,(H,42,50)(H,43,47)(H,44,49)/b13-9-/t27-,28+,31-,32-,40+/m0/s1. The number of halogens is 1. The van der Waals surface area contributed by atoms with Crippen LogP contribution in [0.1, 0.15) is 88.0 Å². The number of carbonyl (C=O) groups excluding carboxylic acids is 5. The van der Waals surface area contributed by atoms with Gasteiger partial charge in [-0.15, -0.1) is 0 Å². The Kier molecular flexibility index (Phi) is 11.2. The van der Waals surface area contributed by atoms with E-state index in [9.17, 15) is 28.4 Å². The number of fused-ring (bicyclic) bond motifs is 3. The first-order chi connectivity index (χ1) is 25.6. The molecule has 0 bridgehead atoms. The van der Waals surface area contributed by atoms with Gasteiger partial charge in [0.2, 0.25) is 11.8 Å². The average Bonchev–Trinajstić information content (AvgIpc) is 3.40. The quantitative estimate of drug-likeness (QED) is 0.277. The van der Waals surface area contributed by atoms with Gasteiger partial charge in [0, 0.05) is 24.4 Å². The van der Waals surface area contributed by atoms with Crippen LogP contribution < -0.4 is 21.0 Å². The van der Waals surface area contributed by atoms with Crippen molar-refractivity contribution < 1.29 is 42.7 Å². The molecule has 0 unspecified atom stereocenters. The van der Waals surface area contributed by atoms with E-state index >= 15 is 0 Å². The van der Waals surface area contributed by atoms with Crippen LogP contribution in [0.25, 0.3) is 0 Å². The number of rotatable bonds is 5. The van der Waals surface area contributed by atoms with Crippen LogP contribution >= 0.6 is 0 Å². The second kappa shape index (κ2) is 15.7. The number of hydrogen-bond acceptors (Lipinski definition) is 8. The summed E-state index contributed by atoms with van der Waals surface area (Å²) in [6.45, 7) is 8.96. The molecule has 1 saturated heterocycles. The SMILES string of the molecule is Cc1ccc(C)c(ONC(=O)[C@@]23C[C@@H]2/C=C\CCCCC[C@H](NC(=O)OC(C)(C)C)C(=O)N2C[C@H](OC(=O)N4Cc5cccc(F)c5C4)C[C@H]2C(=O)N3)c1. The average molecular weight is 748 g/mol. The lowest BCUT2D eigenvalue weighted by molar-refractivity contribution is -0.142. The zero-order valence-corrected chi connectivity index (χ0v) is 31.5. The zero-order valence-electron chi connectivity index (χ0n) is 31.5. The van der Waals surface area contributed by atoms with Crippen LogP contribution in [0.5, 0.6) is 5.75 Å². The van der Waals surface area contributed by atoms with Crippen LogP contribution in [0.3, 0.4) is 0 Å². The Labute approximate surface area is 314 Å². The topological polar surface area (TPSA) is 156 Å². The predicted octanol–water partition coefficient (Wildman–Crippen LogP) is 5.26. The number of allylic oxidation sites excluding steroid dienone is 1. The van der Waals surface area contributed by atoms with Gasteiger partial charge in [0.05, 0.1) is 13.1 Å². The number of hydroxylamine groups is 1. The molecule has 3 aliphatic heterocycles. The first kappa shape index (κ1) is 38.6. The summed E-state index contributed by atoms with van der Waals surface area (Å²) in [5.41, 5.74) is 3.23. The zero-order chi connectivity index (χ0) is 38.8. The summed E-state index contributed by atoms with van der Waals surface area (Å²) in [5, 5.41) is 5.66. The van der Waals surface area contributed by atoms with Gasteiger partial charge in [-0.25, -0.2) is 14.0 Å². The Balaban J connectivity index is 1.24. The number of benzene rings is 2. The smallest absolute Gasteiger partial charge is 0.410 e. The Morgan fingerprint density at radius 1 is 1.04 bits per heavy atom. The first-order valence-corrected chi connectivity index (χ1v) is 18.7. The second-order valence-electron chi connectivity index (χ2n) is 15.8. The minimum atomic E-state index is -1.35. The summed E-state index contributed by atoms with van der Waals surface area (Å²) >= 11 is 0. The van der Waals surface area contributed by atoms with E-state index in [0.29, 0.717) is 36.1 Å². The molecule has 14 heteroatoms. The second-order valence-corrected chi connectivity index (χ2v) is 15.8. The lowest BCUT2D eigenvalue weighted by atomic mass is 10.0. The molecule has 54 heavy (non-hydrogen) atoms. The molecule has 2 aromatic rings. The normalized spacial score (nSPS) is 26.2. The summed E-state index contributed by atoms with van der Waals surface area (Å²) in [5.74, 6) is -1.95. The Bertz CT molecular complexity index is 1830. The van der Waals surface area contributed by atoms with Crippen molar-refractivity contribution in [2.45, 2.75) is 122 Å². The van der Waals surface area contributed by atoms with Crippen molar-refractivity contribution in [3.05, 3.63) is 76.6 Å². The molecule has 0 spiro atoms. The molecule has 290 valence electrons. The minimum absolute atomic E-state index is 0.0265. The van der Waals surface area contributed by atoms with Gasteiger partial charge >= 0.3 is 12.2 Å². The number of aryl methyl sites for hydroxylation is 2. The van der Waals surface area contributed by atoms with Gasteiger partial charge in [0.25, 0.3) is 5.91 Å². The third-order valence-corrected chi connectivity index (χ3v) is 10.4. The van der Waals surface area contributed by atoms with E-state index in [4.69, 9.17) is 14.3 Å². The summed E-state index contributed by atoms with van der Waals surface area (Å²) in [4.78, 5) is 77.3. The molecule has 1 saturated carbocycles. The van der Waals surface area contributed by atoms with Gasteiger partial charge < -0.3 is 29.8 Å². The van der Waals surface area contributed by atoms with Gasteiger partial charge in [-0.2, -0.15) is 5.48 Å². The molecule has 5 amide bonds. The number of carbonyl (C=O) groups is 5. The molecule has 3 heterocycles. The maximum absolute atomic E-state index is 14.5. The van der Waals surface area contributed by atoms with E-state index in [-0.39, 0.29) is 32.0 Å². The van der Waals surface area contributed by atoms with Crippen LogP contribution in [-0.4, -0.2) is 75.6 Å². The van der Waals surface area contributed by atoms with Gasteiger partial charge in [-0.3, -0.25) is 19.3 Å². The number of hydrogen-bond donors (Lipinski definition) is 3. The van der Waals surface area contributed by atoms with E-state index in [1.165, 1.54) is 15.9 Å². The molecule has 4 aliphatic rings. The Hall–Kier alpha value is -5.14. The molecule has 13 nitrogen and oxygen atoms in total. The molecule has 3 N–H and O–H groups in total. The molecule has 5 atom stereocenters. The predicted molar refractivity (Wildman–Crippen MR) is 195 cm³/mol. The molecule has 0 aromatic heterocycles. The van der Waals surface area contributed by atoms with Gasteiger partial charge in [-0.05, 0) is 89.1 Å². The van der Waals surface area contributed by atoms with Gasteiger partial charge in [0.15, 0.2) is 5.75 Å². The largest absolute Gasteiger partial charge is 0.444 e. The first-order valence-electron chi connectivity index (χ1n) is 18.7. The van der Waals surface area contributed by atoms with Gasteiger partial charge in [-0.1, -0.05) is 49.3 Å². The number of nitrogens with zero attached hydrogens (tertiary/aromatic N) is 2. The number of nitrogens with one attached hydrogen (secondary N) is 3. The number of amides is 5. The molecule has 2 fully saturated rings. The van der Waals surface area contributed by atoms with Crippen molar-refractivity contribution >= 4 is 29.9 Å². The van der Waals surface area contributed by atoms with E-state index in [1.54, 1.807) is 39.0 Å². The van der Waals surface area contributed by atoms with Crippen LogP contribution in [0, 0.1) is 25.6 Å². The molecular weight excluding hydrogens is 697 g/mol. The number of alkyl carbamates (subject to hydrolysis) is 1. The summed E-state index contributed by atoms with van der Waals surface area (Å²) in [7, 11) is 0. The van der Waals surface area contributed by atoms with Crippen molar-refractivity contribution in [3.63, 3.8) is 0 Å². The third-order valence-electron chi connectivity index (χ3n) is 10.4. The van der Waals surface area contributed by atoms with Crippen LogP contribution in [0.15, 0.2) is 48.6 Å². The van der Waals surface area contributed by atoms with E-state index in [2.05, 4.69) is 16.1 Å². The highest BCUT2D eigenvalue weighted by Gasteiger charge is 2.61. The fraction of sp³-hybridized carbons (Fsp3) is 0.525. The minimum Gasteiger partial charge on any atom is -0.444 e. The van der Waals surface area contributed by atoms with Crippen molar-refractivity contribution in [1.29, 1.82) is 0 Å². The van der Waals surface area contributed by atoms with Crippen LogP contribution in [-0.2, 0) is 36.9 Å². The molecular formula is C40H50FN5O8. The maximum Gasteiger partial charge on any atom is 0.410 e. The lowest BCUT2D eigenvalue weighted by Crippen LogP contribution is -2.58. The highest BCUT2D eigenvalue weighted by Crippen LogP contribution is 2.45. The fourth-order valence-electron chi connectivity index (χ4n) is 7.35. The summed E-state index contributed by atoms with van der Waals surface area (Å²) in [6.07, 6.45) is 5.01. The van der Waals surface area contributed by atoms with E-state index in [1.807, 2.05) is 38.1 Å². The monoisotopic (exact) mass is 747 g/mol. The van der Waals surface area contributed by atoms with Crippen molar-refractivity contribution in [2.24, 2.45) is 5.92 Å². The summed E-state index contributed by atoms with van der Waals surface area (Å²) < 4.78 is 25.8. The number of ether oxygens (including phenoxy) is 2. The fourth-order valence-corrected chi connectivity index (χ4v) is 7.35. The molecule has 1 aliphatic carbocycles. The molecule has 2 aromatic carbocycles. The van der Waals surface area contributed by atoms with Crippen molar-refractivity contribution in [3.8, 4) is 5.75 Å². The van der Waals surface area contributed by atoms with Crippen LogP contribution in [0.4, 0.5) is 14.0 Å². The van der Waals surface area contributed by atoms with Crippen molar-refractivity contribution in [2.75, 3.05) is 6.54 Å². The maximum atomic E-state index is 14.5. The summed E-state index contributed by atoms with van der Waals surface area (Å²) in [6, 6.07) is 8.11. The third kappa shape index (κ3) is 8.79. The van der Waals surface area contributed by atoms with E-state index < -0.39 is 65.1 Å². The highest BCUT2D eigenvalue weighted by atomic mass is 19.1. The molecule has 0 radical (unpaired) electrons. The van der Waals surface area contributed by atoms with Gasteiger partial charge in [0.1, 0.15) is 35.1 Å². The van der Waals surface area contributed by atoms with Crippen LogP contribution in [0.2, 0.25) is 0 Å². The van der Waals surface area contributed by atoms with E-state index in [0.717, 1.165) is 30.4 Å². The molecule has 6 rings (SSSR count). The Morgan fingerprint density at radius 3 is 2.59 bits per heavy atom.